The Morgan fingerprint density at radius 3 is 2.06 bits per heavy atom. The Bertz CT molecular complexity index is 1420. The molecule has 0 fully saturated rings. The number of carbonyl (C=O) groups is 1. The van der Waals surface area contributed by atoms with Crippen molar-refractivity contribution < 1.29 is 4.79 Å². The van der Waals surface area contributed by atoms with Gasteiger partial charge in [0, 0.05) is 18.2 Å². The lowest BCUT2D eigenvalue weighted by molar-refractivity contribution is -0.119. The highest BCUT2D eigenvalue weighted by atomic mass is 16.2. The summed E-state index contributed by atoms with van der Waals surface area (Å²) in [5.41, 5.74) is 6.35. The van der Waals surface area contributed by atoms with Crippen molar-refractivity contribution in [3.63, 3.8) is 0 Å². The van der Waals surface area contributed by atoms with E-state index < -0.39 is 0 Å². The van der Waals surface area contributed by atoms with Gasteiger partial charge in [-0.1, -0.05) is 84.9 Å². The molecule has 0 aliphatic heterocycles. The molecule has 0 aliphatic rings. The summed E-state index contributed by atoms with van der Waals surface area (Å²) in [6, 6.07) is 36.9. The van der Waals surface area contributed by atoms with Gasteiger partial charge in [0.15, 0.2) is 0 Å². The molecule has 0 N–H and O–H groups in total. The number of amides is 1. The van der Waals surface area contributed by atoms with E-state index in [1.807, 2.05) is 79.4 Å². The second-order valence-electron chi connectivity index (χ2n) is 9.04. The number of nitrogens with zero attached hydrogens (tertiary/aromatic N) is 3. The fourth-order valence-corrected chi connectivity index (χ4v) is 4.60. The first kappa shape index (κ1) is 22.6. The third-order valence-electron chi connectivity index (χ3n) is 6.27. The van der Waals surface area contributed by atoms with Crippen LogP contribution < -0.4 is 4.90 Å². The van der Waals surface area contributed by atoms with Crippen LogP contribution in [-0.4, -0.2) is 21.5 Å². The fraction of sp³-hybridized carbons (Fsp3) is 0.161. The molecule has 5 rings (SSSR count). The van der Waals surface area contributed by atoms with Gasteiger partial charge >= 0.3 is 0 Å². The molecule has 1 amide bonds. The molecule has 1 heterocycles. The van der Waals surface area contributed by atoms with Crippen molar-refractivity contribution in [3.8, 4) is 11.1 Å². The predicted molar refractivity (Wildman–Crippen MR) is 143 cm³/mol. The number of aromatic nitrogens is 2. The summed E-state index contributed by atoms with van der Waals surface area (Å²) in [7, 11) is 0. The molecule has 0 aliphatic carbocycles. The van der Waals surface area contributed by atoms with Crippen molar-refractivity contribution in [3.05, 3.63) is 121 Å². The number of anilines is 1. The average Bonchev–Trinajstić information content (AvgIpc) is 3.22. The van der Waals surface area contributed by atoms with Crippen LogP contribution in [-0.2, 0) is 17.8 Å². The van der Waals surface area contributed by atoms with Crippen LogP contribution in [0.3, 0.4) is 0 Å². The molecule has 0 saturated carbocycles. The van der Waals surface area contributed by atoms with E-state index >= 15 is 0 Å². The van der Waals surface area contributed by atoms with Crippen LogP contribution >= 0.6 is 0 Å². The lowest BCUT2D eigenvalue weighted by Crippen LogP contribution is -2.39. The van der Waals surface area contributed by atoms with Crippen molar-refractivity contribution in [2.24, 2.45) is 0 Å². The minimum atomic E-state index is 0.0497. The molecule has 0 saturated heterocycles. The molecule has 35 heavy (non-hydrogen) atoms. The van der Waals surface area contributed by atoms with E-state index in [-0.39, 0.29) is 18.5 Å². The van der Waals surface area contributed by atoms with Crippen LogP contribution in [0.4, 0.5) is 5.69 Å². The Labute approximate surface area is 206 Å². The van der Waals surface area contributed by atoms with Crippen LogP contribution in [0.25, 0.3) is 22.2 Å². The highest BCUT2D eigenvalue weighted by Gasteiger charge is 2.22. The smallest absolute Gasteiger partial charge is 0.247 e. The monoisotopic (exact) mass is 459 g/mol. The largest absolute Gasteiger partial charge is 0.318 e. The van der Waals surface area contributed by atoms with Gasteiger partial charge in [0.05, 0.1) is 11.0 Å². The number of hydrogen-bond donors (Lipinski definition) is 0. The summed E-state index contributed by atoms with van der Waals surface area (Å²) < 4.78 is 2.07. The highest BCUT2D eigenvalue weighted by Crippen LogP contribution is 2.24. The molecule has 0 radical (unpaired) electrons. The van der Waals surface area contributed by atoms with Gasteiger partial charge in [-0.15, -0.1) is 0 Å². The minimum absolute atomic E-state index is 0.0497. The molecule has 0 bridgehead atoms. The Balaban J connectivity index is 1.45. The van der Waals surface area contributed by atoms with Gasteiger partial charge < -0.3 is 9.47 Å². The summed E-state index contributed by atoms with van der Waals surface area (Å²) in [5.74, 6) is 0.943. The van der Waals surface area contributed by atoms with Gasteiger partial charge in [-0.25, -0.2) is 4.98 Å². The zero-order chi connectivity index (χ0) is 24.2. The molecular weight excluding hydrogens is 430 g/mol. The maximum absolute atomic E-state index is 13.6. The zero-order valence-corrected chi connectivity index (χ0v) is 20.1. The topological polar surface area (TPSA) is 38.1 Å². The number of carbonyl (C=O) groups excluding carboxylic acids is 1. The van der Waals surface area contributed by atoms with E-state index in [4.69, 9.17) is 4.98 Å². The third-order valence-corrected chi connectivity index (χ3v) is 6.27. The quantitative estimate of drug-likeness (QED) is 0.270. The molecule has 5 aromatic rings. The van der Waals surface area contributed by atoms with Crippen LogP contribution in [0.5, 0.6) is 0 Å². The third kappa shape index (κ3) is 4.87. The fourth-order valence-electron chi connectivity index (χ4n) is 4.60. The number of rotatable bonds is 7. The SMILES string of the molecule is CC(C)N(C(=O)Cn1c(Cc2ccc(-c3ccccc3)cc2)nc2ccccc21)c1ccccc1. The van der Waals surface area contributed by atoms with E-state index in [1.54, 1.807) is 0 Å². The van der Waals surface area contributed by atoms with E-state index in [0.717, 1.165) is 28.1 Å². The first-order valence-electron chi connectivity index (χ1n) is 12.1. The van der Waals surface area contributed by atoms with Crippen molar-refractivity contribution in [2.75, 3.05) is 4.90 Å². The Morgan fingerprint density at radius 2 is 1.37 bits per heavy atom. The molecular formula is C31H29N3O. The summed E-state index contributed by atoms with van der Waals surface area (Å²) in [4.78, 5) is 20.4. The number of hydrogen-bond acceptors (Lipinski definition) is 2. The van der Waals surface area contributed by atoms with Crippen LogP contribution in [0.2, 0.25) is 0 Å². The number of para-hydroxylation sites is 3. The number of fused-ring (bicyclic) bond motifs is 1. The van der Waals surface area contributed by atoms with Crippen LogP contribution in [0.15, 0.2) is 109 Å². The van der Waals surface area contributed by atoms with Crippen LogP contribution in [0, 0.1) is 0 Å². The zero-order valence-electron chi connectivity index (χ0n) is 20.1. The molecule has 0 spiro atoms. The van der Waals surface area contributed by atoms with Crippen molar-refractivity contribution in [2.45, 2.75) is 32.9 Å². The van der Waals surface area contributed by atoms with E-state index in [0.29, 0.717) is 6.42 Å². The molecule has 1 aromatic heterocycles. The molecule has 0 unspecified atom stereocenters. The van der Waals surface area contributed by atoms with E-state index in [2.05, 4.69) is 53.1 Å². The van der Waals surface area contributed by atoms with Gasteiger partial charge in [-0.2, -0.15) is 0 Å². The highest BCUT2D eigenvalue weighted by molar-refractivity contribution is 5.94. The Hall–Kier alpha value is -4.18. The van der Waals surface area contributed by atoms with Crippen molar-refractivity contribution >= 4 is 22.6 Å². The summed E-state index contributed by atoms with van der Waals surface area (Å²) in [6.07, 6.45) is 0.657. The first-order chi connectivity index (χ1) is 17.1. The first-order valence-corrected chi connectivity index (χ1v) is 12.1. The van der Waals surface area contributed by atoms with Gasteiger partial charge in [-0.3, -0.25) is 4.79 Å². The van der Waals surface area contributed by atoms with E-state index in [9.17, 15) is 4.79 Å². The molecule has 0 atom stereocenters. The molecule has 174 valence electrons. The van der Waals surface area contributed by atoms with Gasteiger partial charge in [-0.05, 0) is 54.8 Å². The Kier molecular flexibility index (Phi) is 6.44. The summed E-state index contributed by atoms with van der Waals surface area (Å²) >= 11 is 0. The summed E-state index contributed by atoms with van der Waals surface area (Å²) in [5, 5.41) is 0. The lowest BCUT2D eigenvalue weighted by atomic mass is 10.0. The van der Waals surface area contributed by atoms with Gasteiger partial charge in [0.2, 0.25) is 5.91 Å². The Morgan fingerprint density at radius 1 is 0.771 bits per heavy atom. The maximum Gasteiger partial charge on any atom is 0.247 e. The second-order valence-corrected chi connectivity index (χ2v) is 9.04. The minimum Gasteiger partial charge on any atom is -0.318 e. The maximum atomic E-state index is 13.6. The predicted octanol–water partition coefficient (Wildman–Crippen LogP) is 6.74. The molecule has 4 heteroatoms. The molecule has 4 nitrogen and oxygen atoms in total. The van der Waals surface area contributed by atoms with E-state index in [1.165, 1.54) is 11.1 Å². The number of benzene rings is 4. The van der Waals surface area contributed by atoms with Gasteiger partial charge in [0.25, 0.3) is 0 Å². The standard InChI is InChI=1S/C31H29N3O/c1-23(2)34(27-13-7-4-8-14-27)31(35)22-33-29-16-10-9-15-28(29)32-30(33)21-24-17-19-26(20-18-24)25-11-5-3-6-12-25/h3-20,23H,21-22H2,1-2H3. The summed E-state index contributed by atoms with van der Waals surface area (Å²) in [6.45, 7) is 4.34. The average molecular weight is 460 g/mol. The van der Waals surface area contributed by atoms with Crippen LogP contribution in [0.1, 0.15) is 25.2 Å². The normalized spacial score (nSPS) is 11.2. The molecule has 4 aromatic carbocycles. The van der Waals surface area contributed by atoms with Gasteiger partial charge in [0.1, 0.15) is 12.4 Å². The lowest BCUT2D eigenvalue weighted by Gasteiger charge is -2.27. The van der Waals surface area contributed by atoms with Crippen molar-refractivity contribution in [1.82, 2.24) is 9.55 Å². The second kappa shape index (κ2) is 9.98. The number of imidazole rings is 1. The van der Waals surface area contributed by atoms with Crippen molar-refractivity contribution in [1.29, 1.82) is 0 Å².